The van der Waals surface area contributed by atoms with Crippen LogP contribution in [0.2, 0.25) is 0 Å². The highest BCUT2D eigenvalue weighted by Crippen LogP contribution is 2.36. The Morgan fingerprint density at radius 2 is 2.14 bits per heavy atom. The first-order valence-electron chi connectivity index (χ1n) is 6.73. The highest BCUT2D eigenvalue weighted by molar-refractivity contribution is 8.00. The SMILES string of the molecule is CCN1C(=O)CSC1c1cn(Cc2ccc(F)cc2)nn1. The third-order valence-corrected chi connectivity index (χ3v) is 4.60. The summed E-state index contributed by atoms with van der Waals surface area (Å²) in [5, 5.41) is 8.21. The predicted octanol–water partition coefficient (Wildman–Crippen LogP) is 2.06. The molecule has 1 aliphatic heterocycles. The molecule has 1 fully saturated rings. The number of benzene rings is 1. The molecule has 1 aromatic carbocycles. The molecule has 110 valence electrons. The molecule has 5 nitrogen and oxygen atoms in total. The zero-order chi connectivity index (χ0) is 14.8. The summed E-state index contributed by atoms with van der Waals surface area (Å²) in [6.45, 7) is 3.16. The van der Waals surface area contributed by atoms with Crippen molar-refractivity contribution in [3.63, 3.8) is 0 Å². The van der Waals surface area contributed by atoms with Gasteiger partial charge in [0.25, 0.3) is 0 Å². The monoisotopic (exact) mass is 306 g/mol. The van der Waals surface area contributed by atoms with Crippen molar-refractivity contribution in [2.24, 2.45) is 0 Å². The summed E-state index contributed by atoms with van der Waals surface area (Å²) < 4.78 is 14.6. The van der Waals surface area contributed by atoms with Crippen molar-refractivity contribution >= 4 is 17.7 Å². The van der Waals surface area contributed by atoms with Crippen molar-refractivity contribution in [2.75, 3.05) is 12.3 Å². The molecule has 7 heteroatoms. The number of aromatic nitrogens is 3. The fourth-order valence-electron chi connectivity index (χ4n) is 2.32. The summed E-state index contributed by atoms with van der Waals surface area (Å²) in [7, 11) is 0. The summed E-state index contributed by atoms with van der Waals surface area (Å²) in [6, 6.07) is 6.31. The maximum Gasteiger partial charge on any atom is 0.233 e. The summed E-state index contributed by atoms with van der Waals surface area (Å²) >= 11 is 1.57. The molecular weight excluding hydrogens is 291 g/mol. The standard InChI is InChI=1S/C14H15FN4OS/c1-2-19-13(20)9-21-14(19)12-8-18(17-16-12)7-10-3-5-11(15)6-4-10/h3-6,8,14H,2,7,9H2,1H3. The minimum atomic E-state index is -0.252. The number of amides is 1. The van der Waals surface area contributed by atoms with Crippen LogP contribution in [0.1, 0.15) is 23.6 Å². The minimum Gasteiger partial charge on any atom is -0.324 e. The first-order valence-corrected chi connectivity index (χ1v) is 7.78. The van der Waals surface area contributed by atoms with Crippen LogP contribution in [-0.2, 0) is 11.3 Å². The lowest BCUT2D eigenvalue weighted by Gasteiger charge is -2.19. The highest BCUT2D eigenvalue weighted by atomic mass is 32.2. The molecule has 1 unspecified atom stereocenters. The second-order valence-corrected chi connectivity index (χ2v) is 5.88. The van der Waals surface area contributed by atoms with Crippen LogP contribution in [0, 0.1) is 5.82 Å². The normalized spacial score (nSPS) is 18.5. The molecule has 1 saturated heterocycles. The summed E-state index contributed by atoms with van der Waals surface area (Å²) in [6.07, 6.45) is 1.85. The fraction of sp³-hybridized carbons (Fsp3) is 0.357. The van der Waals surface area contributed by atoms with Gasteiger partial charge in [0.2, 0.25) is 5.91 Å². The van der Waals surface area contributed by atoms with Gasteiger partial charge in [-0.25, -0.2) is 9.07 Å². The average molecular weight is 306 g/mol. The van der Waals surface area contributed by atoms with Gasteiger partial charge in [0, 0.05) is 6.54 Å². The Bertz CT molecular complexity index is 643. The van der Waals surface area contributed by atoms with Gasteiger partial charge in [-0.05, 0) is 24.6 Å². The maximum absolute atomic E-state index is 12.9. The van der Waals surface area contributed by atoms with Gasteiger partial charge in [-0.3, -0.25) is 4.79 Å². The van der Waals surface area contributed by atoms with Crippen LogP contribution in [0.4, 0.5) is 4.39 Å². The van der Waals surface area contributed by atoms with Gasteiger partial charge in [-0.2, -0.15) is 0 Å². The molecule has 21 heavy (non-hydrogen) atoms. The second kappa shape index (κ2) is 5.85. The van der Waals surface area contributed by atoms with Crippen LogP contribution in [0.3, 0.4) is 0 Å². The van der Waals surface area contributed by atoms with Gasteiger partial charge in [-0.1, -0.05) is 17.3 Å². The van der Waals surface area contributed by atoms with Gasteiger partial charge in [-0.15, -0.1) is 16.9 Å². The Labute approximate surface area is 126 Å². The van der Waals surface area contributed by atoms with Crippen molar-refractivity contribution in [3.8, 4) is 0 Å². The van der Waals surface area contributed by atoms with Crippen LogP contribution >= 0.6 is 11.8 Å². The van der Waals surface area contributed by atoms with E-state index in [0.717, 1.165) is 11.3 Å². The third kappa shape index (κ3) is 2.92. The van der Waals surface area contributed by atoms with Crippen molar-refractivity contribution in [1.82, 2.24) is 19.9 Å². The van der Waals surface area contributed by atoms with E-state index in [4.69, 9.17) is 0 Å². The van der Waals surface area contributed by atoms with Crippen LogP contribution in [0.25, 0.3) is 0 Å². The molecule has 3 rings (SSSR count). The summed E-state index contributed by atoms with van der Waals surface area (Å²) in [5.41, 5.74) is 1.74. The number of nitrogens with zero attached hydrogens (tertiary/aromatic N) is 4. The molecule has 0 spiro atoms. The lowest BCUT2D eigenvalue weighted by atomic mass is 10.2. The summed E-state index contributed by atoms with van der Waals surface area (Å²) in [5.74, 6) is 0.377. The molecule has 2 aromatic rings. The van der Waals surface area contributed by atoms with Crippen molar-refractivity contribution in [3.05, 3.63) is 47.5 Å². The number of carbonyl (C=O) groups excluding carboxylic acids is 1. The van der Waals surface area contributed by atoms with E-state index in [1.165, 1.54) is 12.1 Å². The largest absolute Gasteiger partial charge is 0.324 e. The Kier molecular flexibility index (Phi) is 3.92. The Morgan fingerprint density at radius 3 is 2.86 bits per heavy atom. The Balaban J connectivity index is 1.74. The number of carbonyl (C=O) groups is 1. The Morgan fingerprint density at radius 1 is 1.38 bits per heavy atom. The van der Waals surface area contributed by atoms with E-state index in [1.54, 1.807) is 33.5 Å². The molecule has 0 aliphatic carbocycles. The molecular formula is C14H15FN4OS. The first kappa shape index (κ1) is 14.1. The molecule has 1 atom stereocenters. The number of thioether (sulfide) groups is 1. The van der Waals surface area contributed by atoms with Gasteiger partial charge >= 0.3 is 0 Å². The predicted molar refractivity (Wildman–Crippen MR) is 78.1 cm³/mol. The van der Waals surface area contributed by atoms with Gasteiger partial charge < -0.3 is 4.90 Å². The lowest BCUT2D eigenvalue weighted by Crippen LogP contribution is -2.27. The van der Waals surface area contributed by atoms with Gasteiger partial charge in [0.1, 0.15) is 16.9 Å². The molecule has 0 bridgehead atoms. The molecule has 1 aromatic heterocycles. The van der Waals surface area contributed by atoms with E-state index in [0.29, 0.717) is 18.8 Å². The number of halogens is 1. The molecule has 1 aliphatic rings. The van der Waals surface area contributed by atoms with Gasteiger partial charge in [0.05, 0.1) is 18.5 Å². The quantitative estimate of drug-likeness (QED) is 0.867. The van der Waals surface area contributed by atoms with E-state index in [1.807, 2.05) is 13.1 Å². The van der Waals surface area contributed by atoms with Crippen molar-refractivity contribution in [2.45, 2.75) is 18.8 Å². The van der Waals surface area contributed by atoms with E-state index in [9.17, 15) is 9.18 Å². The van der Waals surface area contributed by atoms with E-state index in [-0.39, 0.29) is 17.1 Å². The molecule has 0 N–H and O–H groups in total. The molecule has 0 radical (unpaired) electrons. The fourth-order valence-corrected chi connectivity index (χ4v) is 3.51. The lowest BCUT2D eigenvalue weighted by molar-refractivity contribution is -0.127. The smallest absolute Gasteiger partial charge is 0.233 e. The number of hydrogen-bond donors (Lipinski definition) is 0. The number of rotatable bonds is 4. The van der Waals surface area contributed by atoms with Crippen molar-refractivity contribution < 1.29 is 9.18 Å². The van der Waals surface area contributed by atoms with Crippen LogP contribution in [0.15, 0.2) is 30.5 Å². The zero-order valence-corrected chi connectivity index (χ0v) is 12.4. The topological polar surface area (TPSA) is 51.0 Å². The van der Waals surface area contributed by atoms with Crippen LogP contribution in [0.5, 0.6) is 0 Å². The van der Waals surface area contributed by atoms with E-state index in [2.05, 4.69) is 10.3 Å². The van der Waals surface area contributed by atoms with Crippen LogP contribution < -0.4 is 0 Å². The van der Waals surface area contributed by atoms with Crippen LogP contribution in [-0.4, -0.2) is 38.1 Å². The Hall–Kier alpha value is -1.89. The first-order chi connectivity index (χ1) is 10.2. The summed E-state index contributed by atoms with van der Waals surface area (Å²) in [4.78, 5) is 13.5. The zero-order valence-electron chi connectivity index (χ0n) is 11.6. The second-order valence-electron chi connectivity index (χ2n) is 4.81. The van der Waals surface area contributed by atoms with Crippen molar-refractivity contribution in [1.29, 1.82) is 0 Å². The average Bonchev–Trinajstić information content (AvgIpc) is 3.07. The van der Waals surface area contributed by atoms with Gasteiger partial charge in [0.15, 0.2) is 0 Å². The van der Waals surface area contributed by atoms with E-state index >= 15 is 0 Å². The maximum atomic E-state index is 12.9. The third-order valence-electron chi connectivity index (χ3n) is 3.38. The molecule has 0 saturated carbocycles. The number of hydrogen-bond acceptors (Lipinski definition) is 4. The minimum absolute atomic E-state index is 0.0514. The highest BCUT2D eigenvalue weighted by Gasteiger charge is 2.33. The molecule has 2 heterocycles. The van der Waals surface area contributed by atoms with E-state index < -0.39 is 0 Å². The molecule has 1 amide bonds.